The van der Waals surface area contributed by atoms with Gasteiger partial charge in [-0.15, -0.1) is 0 Å². The molecule has 0 aliphatic heterocycles. The Balaban J connectivity index is 2.17. The van der Waals surface area contributed by atoms with Crippen LogP contribution in [0.4, 0.5) is 4.39 Å². The van der Waals surface area contributed by atoms with Crippen LogP contribution in [0.1, 0.15) is 18.4 Å². The summed E-state index contributed by atoms with van der Waals surface area (Å²) in [6, 6.07) is 6.40. The van der Waals surface area contributed by atoms with E-state index in [2.05, 4.69) is 0 Å². The van der Waals surface area contributed by atoms with E-state index < -0.39 is 5.97 Å². The maximum atomic E-state index is 12.7. The highest BCUT2D eigenvalue weighted by Gasteiger charge is 1.97. The number of carbonyl (C=O) groups excluding carboxylic acids is 1. The van der Waals surface area contributed by atoms with Gasteiger partial charge in [-0.2, -0.15) is 0 Å². The van der Waals surface area contributed by atoms with Crippen LogP contribution in [0.25, 0.3) is 0 Å². The van der Waals surface area contributed by atoms with Crippen molar-refractivity contribution in [1.29, 1.82) is 0 Å². The fraction of sp³-hybridized carbons (Fsp3) is 0.364. The molecule has 3 nitrogen and oxygen atoms in total. The lowest BCUT2D eigenvalue weighted by molar-refractivity contribution is -0.670. The van der Waals surface area contributed by atoms with Gasteiger partial charge in [-0.25, -0.2) is 4.39 Å². The van der Waals surface area contributed by atoms with Gasteiger partial charge in [0.05, 0.1) is 6.54 Å². The Morgan fingerprint density at radius 3 is 2.93 bits per heavy atom. The molecular weight excluding hydrogens is 197 g/mol. The van der Waals surface area contributed by atoms with E-state index in [0.717, 1.165) is 5.56 Å². The Kier molecular flexibility index (Phi) is 4.77. The maximum absolute atomic E-state index is 12.7. The normalized spacial score (nSPS) is 10.2. The van der Waals surface area contributed by atoms with Crippen LogP contribution in [0, 0.1) is 5.82 Å². The second kappa shape index (κ2) is 6.14. The van der Waals surface area contributed by atoms with Crippen molar-refractivity contribution in [2.24, 2.45) is 0 Å². The van der Waals surface area contributed by atoms with Gasteiger partial charge in [0.15, 0.2) is 0 Å². The number of rotatable bonds is 6. The molecule has 2 N–H and O–H groups in total. The molecule has 0 saturated heterocycles. The van der Waals surface area contributed by atoms with Gasteiger partial charge in [0.1, 0.15) is 12.4 Å². The molecule has 0 saturated carbocycles. The Morgan fingerprint density at radius 1 is 1.47 bits per heavy atom. The van der Waals surface area contributed by atoms with Gasteiger partial charge in [0.25, 0.3) is 0 Å². The number of quaternary nitrogens is 1. The van der Waals surface area contributed by atoms with Gasteiger partial charge < -0.3 is 15.2 Å². The summed E-state index contributed by atoms with van der Waals surface area (Å²) in [5, 5.41) is 12.1. The average molecular weight is 211 g/mol. The molecule has 0 spiro atoms. The second-order valence-corrected chi connectivity index (χ2v) is 3.39. The molecule has 0 radical (unpaired) electrons. The number of carboxylic acids is 1. The zero-order valence-electron chi connectivity index (χ0n) is 8.41. The Bertz CT molecular complexity index is 328. The number of benzene rings is 1. The van der Waals surface area contributed by atoms with E-state index in [-0.39, 0.29) is 12.2 Å². The maximum Gasteiger partial charge on any atom is 0.123 e. The minimum absolute atomic E-state index is 0.0830. The van der Waals surface area contributed by atoms with Gasteiger partial charge in [0, 0.05) is 18.0 Å². The average Bonchev–Trinajstić information content (AvgIpc) is 2.17. The number of hydrogen-bond acceptors (Lipinski definition) is 2. The van der Waals surface area contributed by atoms with Crippen LogP contribution >= 0.6 is 0 Å². The number of hydrogen-bond donors (Lipinski definition) is 1. The van der Waals surface area contributed by atoms with Crippen molar-refractivity contribution in [1.82, 2.24) is 0 Å². The lowest BCUT2D eigenvalue weighted by Gasteiger charge is -2.02. The minimum Gasteiger partial charge on any atom is -0.550 e. The van der Waals surface area contributed by atoms with Crippen molar-refractivity contribution in [3.05, 3.63) is 35.6 Å². The first-order valence-corrected chi connectivity index (χ1v) is 4.94. The third kappa shape index (κ3) is 5.12. The van der Waals surface area contributed by atoms with Crippen LogP contribution in [-0.4, -0.2) is 12.5 Å². The van der Waals surface area contributed by atoms with Crippen molar-refractivity contribution >= 4 is 5.97 Å². The molecule has 0 fully saturated rings. The zero-order valence-corrected chi connectivity index (χ0v) is 8.41. The van der Waals surface area contributed by atoms with E-state index in [9.17, 15) is 14.3 Å². The third-order valence-electron chi connectivity index (χ3n) is 2.06. The summed E-state index contributed by atoms with van der Waals surface area (Å²) in [7, 11) is 0. The predicted octanol–water partition coefficient (Wildman–Crippen LogP) is -0.581. The van der Waals surface area contributed by atoms with Gasteiger partial charge in [0.2, 0.25) is 0 Å². The molecular formula is C11H14FNO2. The first-order chi connectivity index (χ1) is 7.18. The summed E-state index contributed by atoms with van der Waals surface area (Å²) in [6.45, 7) is 1.38. The summed E-state index contributed by atoms with van der Waals surface area (Å²) in [4.78, 5) is 10.1. The van der Waals surface area contributed by atoms with Crippen molar-refractivity contribution in [2.45, 2.75) is 19.4 Å². The highest BCUT2D eigenvalue weighted by molar-refractivity contribution is 5.64. The van der Waals surface area contributed by atoms with E-state index in [4.69, 9.17) is 0 Å². The number of carboxylic acid groups (broad SMARTS) is 1. The molecule has 0 bridgehead atoms. The molecule has 82 valence electrons. The van der Waals surface area contributed by atoms with Crippen LogP contribution in [0.5, 0.6) is 0 Å². The van der Waals surface area contributed by atoms with Crippen LogP contribution in [-0.2, 0) is 11.3 Å². The molecule has 0 aliphatic carbocycles. The van der Waals surface area contributed by atoms with Crippen LogP contribution < -0.4 is 10.4 Å². The van der Waals surface area contributed by atoms with Crippen LogP contribution in [0.2, 0.25) is 0 Å². The lowest BCUT2D eigenvalue weighted by atomic mass is 10.2. The molecule has 1 rings (SSSR count). The Morgan fingerprint density at radius 2 is 2.27 bits per heavy atom. The van der Waals surface area contributed by atoms with Crippen molar-refractivity contribution < 1.29 is 19.6 Å². The molecule has 4 heteroatoms. The predicted molar refractivity (Wildman–Crippen MR) is 51.1 cm³/mol. The summed E-state index contributed by atoms with van der Waals surface area (Å²) in [5.74, 6) is -1.26. The summed E-state index contributed by atoms with van der Waals surface area (Å²) in [6.07, 6.45) is 0.664. The second-order valence-electron chi connectivity index (χ2n) is 3.39. The van der Waals surface area contributed by atoms with Gasteiger partial charge >= 0.3 is 0 Å². The Labute approximate surface area is 87.9 Å². The molecule has 0 amide bonds. The summed E-state index contributed by atoms with van der Waals surface area (Å²) >= 11 is 0. The highest BCUT2D eigenvalue weighted by Crippen LogP contribution is 2.00. The first kappa shape index (κ1) is 11.7. The molecule has 1 aromatic rings. The van der Waals surface area contributed by atoms with Gasteiger partial charge in [-0.05, 0) is 18.6 Å². The topological polar surface area (TPSA) is 56.7 Å². The van der Waals surface area contributed by atoms with E-state index in [1.54, 1.807) is 6.07 Å². The third-order valence-corrected chi connectivity index (χ3v) is 2.06. The summed E-state index contributed by atoms with van der Waals surface area (Å²) < 4.78 is 12.7. The van der Waals surface area contributed by atoms with Crippen LogP contribution in [0.3, 0.4) is 0 Å². The molecule has 0 heterocycles. The number of aliphatic carboxylic acids is 1. The molecule has 0 aliphatic rings. The number of carbonyl (C=O) groups is 1. The first-order valence-electron chi connectivity index (χ1n) is 4.94. The zero-order chi connectivity index (χ0) is 11.1. The highest BCUT2D eigenvalue weighted by atomic mass is 19.1. The van der Waals surface area contributed by atoms with E-state index in [0.29, 0.717) is 19.5 Å². The molecule has 1 aromatic carbocycles. The SMILES string of the molecule is O=C([O-])CCC[NH2+]Cc1cccc(F)c1. The fourth-order valence-electron chi connectivity index (χ4n) is 1.32. The fourth-order valence-corrected chi connectivity index (χ4v) is 1.32. The number of nitrogens with two attached hydrogens (primary N) is 1. The lowest BCUT2D eigenvalue weighted by Crippen LogP contribution is -2.82. The number of halogens is 1. The quantitative estimate of drug-likeness (QED) is 0.640. The van der Waals surface area contributed by atoms with E-state index in [1.165, 1.54) is 12.1 Å². The Hall–Kier alpha value is -1.42. The van der Waals surface area contributed by atoms with Gasteiger partial charge in [-0.1, -0.05) is 12.1 Å². The van der Waals surface area contributed by atoms with Crippen molar-refractivity contribution in [3.63, 3.8) is 0 Å². The molecule has 0 aromatic heterocycles. The minimum atomic E-state index is -1.02. The summed E-state index contributed by atoms with van der Waals surface area (Å²) in [5.41, 5.74) is 0.906. The standard InChI is InChI=1S/C11H14FNO2/c12-10-4-1-3-9(7-10)8-13-6-2-5-11(14)15/h1,3-4,7,13H,2,5-6,8H2,(H,14,15). The molecule has 15 heavy (non-hydrogen) atoms. The molecule has 0 unspecified atom stereocenters. The largest absolute Gasteiger partial charge is 0.550 e. The monoisotopic (exact) mass is 211 g/mol. The van der Waals surface area contributed by atoms with Crippen molar-refractivity contribution in [3.8, 4) is 0 Å². The van der Waals surface area contributed by atoms with Crippen LogP contribution in [0.15, 0.2) is 24.3 Å². The van der Waals surface area contributed by atoms with E-state index >= 15 is 0 Å². The molecule has 0 atom stereocenters. The van der Waals surface area contributed by atoms with Gasteiger partial charge in [-0.3, -0.25) is 0 Å². The van der Waals surface area contributed by atoms with E-state index in [1.807, 2.05) is 11.4 Å². The van der Waals surface area contributed by atoms with Crippen molar-refractivity contribution in [2.75, 3.05) is 6.54 Å². The smallest absolute Gasteiger partial charge is 0.123 e.